The van der Waals surface area contributed by atoms with Crippen LogP contribution in [-0.2, 0) is 4.79 Å². The molecule has 0 aliphatic heterocycles. The van der Waals surface area contributed by atoms with Gasteiger partial charge in [-0.3, -0.25) is 9.59 Å². The molecule has 0 radical (unpaired) electrons. The fourth-order valence-electron chi connectivity index (χ4n) is 1.70. The largest absolute Gasteiger partial charge is 0.506 e. The minimum Gasteiger partial charge on any atom is -0.506 e. The maximum absolute atomic E-state index is 11.9. The van der Waals surface area contributed by atoms with Crippen molar-refractivity contribution in [3.05, 3.63) is 58.1 Å². The Balaban J connectivity index is 1.94. The quantitative estimate of drug-likeness (QED) is 0.749. The Bertz CT molecular complexity index is 720. The van der Waals surface area contributed by atoms with Gasteiger partial charge in [0.05, 0.1) is 22.8 Å². The second-order valence-electron chi connectivity index (χ2n) is 4.37. The summed E-state index contributed by atoms with van der Waals surface area (Å²) in [5, 5.41) is 15.2. The van der Waals surface area contributed by atoms with Crippen LogP contribution in [0.25, 0.3) is 0 Å². The highest BCUT2D eigenvalue weighted by Crippen LogP contribution is 2.26. The molecule has 0 aliphatic rings. The van der Waals surface area contributed by atoms with E-state index in [0.717, 1.165) is 0 Å². The van der Waals surface area contributed by atoms with Gasteiger partial charge in [-0.1, -0.05) is 35.3 Å². The van der Waals surface area contributed by atoms with Gasteiger partial charge in [0.25, 0.3) is 5.91 Å². The Morgan fingerprint density at radius 2 is 1.82 bits per heavy atom. The summed E-state index contributed by atoms with van der Waals surface area (Å²) < 4.78 is 0. The van der Waals surface area contributed by atoms with Gasteiger partial charge in [0.1, 0.15) is 5.75 Å². The average Bonchev–Trinajstić information content (AvgIpc) is 2.49. The smallest absolute Gasteiger partial charge is 0.253 e. The third-order valence-corrected chi connectivity index (χ3v) is 3.33. The Morgan fingerprint density at radius 1 is 1.09 bits per heavy atom. The molecule has 0 heterocycles. The molecular formula is C15H12Cl2N2O3. The van der Waals surface area contributed by atoms with Crippen LogP contribution in [0, 0.1) is 0 Å². The van der Waals surface area contributed by atoms with E-state index in [9.17, 15) is 14.7 Å². The molecule has 0 saturated heterocycles. The molecule has 2 amide bonds. The zero-order valence-electron chi connectivity index (χ0n) is 11.3. The Kier molecular flexibility index (Phi) is 5.25. The summed E-state index contributed by atoms with van der Waals surface area (Å²) in [6.45, 7) is -0.268. The first-order valence-corrected chi connectivity index (χ1v) is 7.04. The van der Waals surface area contributed by atoms with Crippen LogP contribution in [-0.4, -0.2) is 23.5 Å². The summed E-state index contributed by atoms with van der Waals surface area (Å²) in [5.74, 6) is -1.08. The molecule has 2 rings (SSSR count). The number of anilines is 1. The zero-order chi connectivity index (χ0) is 16.1. The van der Waals surface area contributed by atoms with Gasteiger partial charge in [0.2, 0.25) is 5.91 Å². The number of phenols is 1. The van der Waals surface area contributed by atoms with Crippen molar-refractivity contribution in [1.29, 1.82) is 0 Å². The number of benzene rings is 2. The number of aromatic hydroxyl groups is 1. The summed E-state index contributed by atoms with van der Waals surface area (Å²) in [6.07, 6.45) is 0. The van der Waals surface area contributed by atoms with Gasteiger partial charge < -0.3 is 15.7 Å². The number of hydrogen-bond acceptors (Lipinski definition) is 3. The highest BCUT2D eigenvalue weighted by atomic mass is 35.5. The highest BCUT2D eigenvalue weighted by molar-refractivity contribution is 6.33. The predicted molar refractivity (Wildman–Crippen MR) is 85.5 cm³/mol. The standard InChI is InChI=1S/C15H12Cl2N2O3/c16-9-5-6-13(20)12(7-9)19-14(21)8-18-15(22)10-3-1-2-4-11(10)17/h1-7,20H,8H2,(H,18,22)(H,19,21). The molecule has 22 heavy (non-hydrogen) atoms. The summed E-state index contributed by atoms with van der Waals surface area (Å²) in [4.78, 5) is 23.7. The van der Waals surface area contributed by atoms with E-state index >= 15 is 0 Å². The van der Waals surface area contributed by atoms with Crippen LogP contribution >= 0.6 is 23.2 Å². The van der Waals surface area contributed by atoms with Crippen molar-refractivity contribution >= 4 is 40.7 Å². The molecule has 7 heteroatoms. The normalized spacial score (nSPS) is 10.1. The summed E-state index contributed by atoms with van der Waals surface area (Å²) in [6, 6.07) is 10.8. The molecule has 0 unspecified atom stereocenters. The molecule has 0 saturated carbocycles. The lowest BCUT2D eigenvalue weighted by molar-refractivity contribution is -0.115. The van der Waals surface area contributed by atoms with Crippen molar-refractivity contribution in [2.45, 2.75) is 0 Å². The number of hydrogen-bond donors (Lipinski definition) is 3. The fraction of sp³-hybridized carbons (Fsp3) is 0.0667. The molecule has 2 aromatic carbocycles. The topological polar surface area (TPSA) is 78.4 Å². The van der Waals surface area contributed by atoms with Crippen LogP contribution < -0.4 is 10.6 Å². The Hall–Kier alpha value is -2.24. The van der Waals surface area contributed by atoms with Crippen molar-refractivity contribution in [3.8, 4) is 5.75 Å². The van der Waals surface area contributed by atoms with Gasteiger partial charge in [-0.25, -0.2) is 0 Å². The molecule has 0 spiro atoms. The lowest BCUT2D eigenvalue weighted by atomic mass is 10.2. The number of rotatable bonds is 4. The van der Waals surface area contributed by atoms with Gasteiger partial charge in [0.15, 0.2) is 0 Å². The number of nitrogens with one attached hydrogen (secondary N) is 2. The second kappa shape index (κ2) is 7.15. The zero-order valence-corrected chi connectivity index (χ0v) is 12.8. The fourth-order valence-corrected chi connectivity index (χ4v) is 2.10. The first-order valence-electron chi connectivity index (χ1n) is 6.28. The van der Waals surface area contributed by atoms with E-state index < -0.39 is 11.8 Å². The molecule has 0 bridgehead atoms. The molecule has 114 valence electrons. The minimum absolute atomic E-state index is 0.116. The first-order chi connectivity index (χ1) is 10.5. The number of halogens is 2. The van der Waals surface area contributed by atoms with Crippen molar-refractivity contribution in [1.82, 2.24) is 5.32 Å². The van der Waals surface area contributed by atoms with Gasteiger partial charge in [-0.15, -0.1) is 0 Å². The number of amides is 2. The molecule has 0 aromatic heterocycles. The number of phenolic OH excluding ortho intramolecular Hbond substituents is 1. The van der Waals surface area contributed by atoms with Crippen LogP contribution in [0.1, 0.15) is 10.4 Å². The van der Waals surface area contributed by atoms with Crippen molar-refractivity contribution in [2.75, 3.05) is 11.9 Å². The molecule has 2 aromatic rings. The summed E-state index contributed by atoms with van der Waals surface area (Å²) in [7, 11) is 0. The van der Waals surface area contributed by atoms with E-state index in [1.165, 1.54) is 18.2 Å². The maximum atomic E-state index is 11.9. The van der Waals surface area contributed by atoms with Crippen LogP contribution in [0.15, 0.2) is 42.5 Å². The Morgan fingerprint density at radius 3 is 2.55 bits per heavy atom. The molecule has 3 N–H and O–H groups in total. The lowest BCUT2D eigenvalue weighted by Crippen LogP contribution is -2.33. The average molecular weight is 339 g/mol. The molecule has 5 nitrogen and oxygen atoms in total. The highest BCUT2D eigenvalue weighted by Gasteiger charge is 2.12. The maximum Gasteiger partial charge on any atom is 0.253 e. The third kappa shape index (κ3) is 4.13. The van der Waals surface area contributed by atoms with Gasteiger partial charge in [-0.2, -0.15) is 0 Å². The molecule has 0 atom stereocenters. The SMILES string of the molecule is O=C(CNC(=O)c1ccccc1Cl)Nc1cc(Cl)ccc1O. The van der Waals surface area contributed by atoms with Crippen LogP contribution in [0.3, 0.4) is 0 Å². The Labute approximate surface area is 136 Å². The van der Waals surface area contributed by atoms with E-state index in [1.54, 1.807) is 24.3 Å². The van der Waals surface area contributed by atoms with Crippen LogP contribution in [0.2, 0.25) is 10.0 Å². The van der Waals surface area contributed by atoms with Crippen LogP contribution in [0.4, 0.5) is 5.69 Å². The van der Waals surface area contributed by atoms with E-state index in [-0.39, 0.29) is 23.5 Å². The monoisotopic (exact) mass is 338 g/mol. The summed E-state index contributed by atoms with van der Waals surface area (Å²) >= 11 is 11.7. The number of carbonyl (C=O) groups excluding carboxylic acids is 2. The lowest BCUT2D eigenvalue weighted by Gasteiger charge is -2.09. The van der Waals surface area contributed by atoms with E-state index in [0.29, 0.717) is 10.0 Å². The first kappa shape index (κ1) is 16.1. The molecule has 0 fully saturated rings. The van der Waals surface area contributed by atoms with E-state index in [2.05, 4.69) is 10.6 Å². The van der Waals surface area contributed by atoms with Gasteiger partial charge in [0, 0.05) is 5.02 Å². The van der Waals surface area contributed by atoms with E-state index in [1.807, 2.05) is 0 Å². The minimum atomic E-state index is -0.502. The second-order valence-corrected chi connectivity index (χ2v) is 5.22. The van der Waals surface area contributed by atoms with E-state index in [4.69, 9.17) is 23.2 Å². The van der Waals surface area contributed by atoms with Crippen LogP contribution in [0.5, 0.6) is 5.75 Å². The van der Waals surface area contributed by atoms with Crippen molar-refractivity contribution in [2.24, 2.45) is 0 Å². The predicted octanol–water partition coefficient (Wildman–Crippen LogP) is 3.07. The van der Waals surface area contributed by atoms with Gasteiger partial charge in [-0.05, 0) is 30.3 Å². The third-order valence-electron chi connectivity index (χ3n) is 2.76. The molecular weight excluding hydrogens is 327 g/mol. The molecule has 0 aliphatic carbocycles. The van der Waals surface area contributed by atoms with Crippen molar-refractivity contribution < 1.29 is 14.7 Å². The summed E-state index contributed by atoms with van der Waals surface area (Å²) in [5.41, 5.74) is 0.451. The van der Waals surface area contributed by atoms with Crippen molar-refractivity contribution in [3.63, 3.8) is 0 Å². The number of carbonyl (C=O) groups is 2. The van der Waals surface area contributed by atoms with Gasteiger partial charge >= 0.3 is 0 Å².